The number of aryl methyl sites for hydroxylation is 1. The van der Waals surface area contributed by atoms with Crippen LogP contribution in [-0.2, 0) is 0 Å². The van der Waals surface area contributed by atoms with Crippen LogP contribution in [0.4, 0.5) is 0 Å². The fraction of sp³-hybridized carbons (Fsp3) is 0.533. The first kappa shape index (κ1) is 14.9. The Kier molecular flexibility index (Phi) is 5.28. The maximum Gasteiger partial charge on any atom is 0.251 e. The third-order valence-electron chi connectivity index (χ3n) is 3.57. The second kappa shape index (κ2) is 6.76. The van der Waals surface area contributed by atoms with Gasteiger partial charge in [0, 0.05) is 22.0 Å². The van der Waals surface area contributed by atoms with Crippen LogP contribution in [0.5, 0.6) is 0 Å². The van der Waals surface area contributed by atoms with Gasteiger partial charge in [-0.1, -0.05) is 22.4 Å². The molecule has 1 aromatic rings. The SMILES string of the molecule is Cc1cc(Br)cc(C(=O)NCC2CCCC(Cl)C2)c1. The first-order valence-corrected chi connectivity index (χ1v) is 7.97. The summed E-state index contributed by atoms with van der Waals surface area (Å²) in [5, 5.41) is 3.31. The Balaban J connectivity index is 1.90. The Labute approximate surface area is 128 Å². The van der Waals surface area contributed by atoms with Crippen molar-refractivity contribution in [3.63, 3.8) is 0 Å². The number of benzene rings is 1. The number of nitrogens with one attached hydrogen (secondary N) is 1. The summed E-state index contributed by atoms with van der Waals surface area (Å²) in [5.41, 5.74) is 1.79. The number of hydrogen-bond acceptors (Lipinski definition) is 1. The summed E-state index contributed by atoms with van der Waals surface area (Å²) in [7, 11) is 0. The van der Waals surface area contributed by atoms with Crippen molar-refractivity contribution in [1.82, 2.24) is 5.32 Å². The molecule has 1 aliphatic rings. The van der Waals surface area contributed by atoms with Crippen LogP contribution in [0.2, 0.25) is 0 Å². The molecule has 0 bridgehead atoms. The summed E-state index contributed by atoms with van der Waals surface area (Å²) in [6.07, 6.45) is 4.46. The predicted molar refractivity (Wildman–Crippen MR) is 82.8 cm³/mol. The van der Waals surface area contributed by atoms with Crippen LogP contribution in [0.1, 0.15) is 41.6 Å². The zero-order valence-corrected chi connectivity index (χ0v) is 13.4. The third-order valence-corrected chi connectivity index (χ3v) is 4.43. The lowest BCUT2D eigenvalue weighted by Crippen LogP contribution is -2.32. The van der Waals surface area contributed by atoms with Gasteiger partial charge in [-0.15, -0.1) is 11.6 Å². The molecule has 1 fully saturated rings. The van der Waals surface area contributed by atoms with Crippen LogP contribution >= 0.6 is 27.5 Å². The van der Waals surface area contributed by atoms with E-state index >= 15 is 0 Å². The fourth-order valence-corrected chi connectivity index (χ4v) is 3.63. The maximum atomic E-state index is 12.1. The normalized spacial score (nSPS) is 23.1. The van der Waals surface area contributed by atoms with Gasteiger partial charge in [-0.25, -0.2) is 0 Å². The summed E-state index contributed by atoms with van der Waals surface area (Å²) in [5.74, 6) is 0.523. The first-order valence-electron chi connectivity index (χ1n) is 6.74. The quantitative estimate of drug-likeness (QED) is 0.815. The summed E-state index contributed by atoms with van der Waals surface area (Å²) in [6, 6.07) is 5.76. The molecule has 0 spiro atoms. The molecule has 104 valence electrons. The molecule has 19 heavy (non-hydrogen) atoms. The van der Waals surface area contributed by atoms with Crippen LogP contribution in [0.15, 0.2) is 22.7 Å². The predicted octanol–water partition coefficient (Wildman–Crippen LogP) is 4.28. The molecule has 2 unspecified atom stereocenters. The van der Waals surface area contributed by atoms with E-state index in [1.807, 2.05) is 25.1 Å². The minimum absolute atomic E-state index is 0.00101. The largest absolute Gasteiger partial charge is 0.352 e. The van der Waals surface area contributed by atoms with Gasteiger partial charge in [0.15, 0.2) is 0 Å². The van der Waals surface area contributed by atoms with Crippen molar-refractivity contribution in [1.29, 1.82) is 0 Å². The topological polar surface area (TPSA) is 29.1 Å². The van der Waals surface area contributed by atoms with E-state index in [1.54, 1.807) is 0 Å². The van der Waals surface area contributed by atoms with Crippen molar-refractivity contribution in [2.24, 2.45) is 5.92 Å². The van der Waals surface area contributed by atoms with E-state index in [-0.39, 0.29) is 11.3 Å². The number of carbonyl (C=O) groups excluding carboxylic acids is 1. The van der Waals surface area contributed by atoms with Crippen LogP contribution in [0.25, 0.3) is 0 Å². The van der Waals surface area contributed by atoms with Crippen molar-refractivity contribution >= 4 is 33.4 Å². The molecule has 1 amide bonds. The zero-order valence-electron chi connectivity index (χ0n) is 11.1. The summed E-state index contributed by atoms with van der Waals surface area (Å²) < 4.78 is 0.941. The van der Waals surface area contributed by atoms with Crippen molar-refractivity contribution in [3.05, 3.63) is 33.8 Å². The summed E-state index contributed by atoms with van der Waals surface area (Å²) in [6.45, 7) is 2.72. The maximum absolute atomic E-state index is 12.1. The molecule has 4 heteroatoms. The molecule has 0 aliphatic heterocycles. The Bertz CT molecular complexity index is 443. The molecule has 2 atom stereocenters. The molecular formula is C15H19BrClNO. The number of hydrogen-bond donors (Lipinski definition) is 1. The average molecular weight is 345 g/mol. The molecule has 1 aliphatic carbocycles. The van der Waals surface area contributed by atoms with E-state index < -0.39 is 0 Å². The molecule has 2 nitrogen and oxygen atoms in total. The van der Waals surface area contributed by atoms with E-state index in [9.17, 15) is 4.79 Å². The van der Waals surface area contributed by atoms with E-state index in [0.717, 1.165) is 29.4 Å². The number of alkyl halides is 1. The van der Waals surface area contributed by atoms with Gasteiger partial charge < -0.3 is 5.32 Å². The van der Waals surface area contributed by atoms with Crippen molar-refractivity contribution in [2.45, 2.75) is 38.0 Å². The average Bonchev–Trinajstić information content (AvgIpc) is 2.35. The van der Waals surface area contributed by atoms with Crippen molar-refractivity contribution < 1.29 is 4.79 Å². The monoisotopic (exact) mass is 343 g/mol. The minimum atomic E-state index is 0.00101. The van der Waals surface area contributed by atoms with Gasteiger partial charge in [0.2, 0.25) is 0 Å². The number of rotatable bonds is 3. The summed E-state index contributed by atoms with van der Waals surface area (Å²) >= 11 is 9.59. The van der Waals surface area contributed by atoms with Gasteiger partial charge in [-0.05, 0) is 55.9 Å². The van der Waals surface area contributed by atoms with Gasteiger partial charge in [0.05, 0.1) is 0 Å². The number of halogens is 2. The summed E-state index contributed by atoms with van der Waals surface area (Å²) in [4.78, 5) is 12.1. The smallest absolute Gasteiger partial charge is 0.251 e. The fourth-order valence-electron chi connectivity index (χ4n) is 2.62. The van der Waals surface area contributed by atoms with E-state index in [0.29, 0.717) is 11.5 Å². The van der Waals surface area contributed by atoms with Gasteiger partial charge in [0.1, 0.15) is 0 Å². The highest BCUT2D eigenvalue weighted by Gasteiger charge is 2.20. The molecule has 1 N–H and O–H groups in total. The highest BCUT2D eigenvalue weighted by atomic mass is 79.9. The minimum Gasteiger partial charge on any atom is -0.352 e. The number of carbonyl (C=O) groups is 1. The standard InChI is InChI=1S/C15H19BrClNO/c1-10-5-12(8-13(16)6-10)15(19)18-9-11-3-2-4-14(17)7-11/h5-6,8,11,14H,2-4,7,9H2,1H3,(H,18,19). The van der Waals surface area contributed by atoms with Gasteiger partial charge in [-0.3, -0.25) is 4.79 Å². The Morgan fingerprint density at radius 2 is 2.21 bits per heavy atom. The van der Waals surface area contributed by atoms with Crippen molar-refractivity contribution in [3.8, 4) is 0 Å². The van der Waals surface area contributed by atoms with E-state index in [2.05, 4.69) is 21.2 Å². The third kappa shape index (κ3) is 4.50. The zero-order chi connectivity index (χ0) is 13.8. The van der Waals surface area contributed by atoms with E-state index in [1.165, 1.54) is 12.8 Å². The molecular weight excluding hydrogens is 326 g/mol. The first-order chi connectivity index (χ1) is 9.04. The molecule has 0 aromatic heterocycles. The lowest BCUT2D eigenvalue weighted by Gasteiger charge is -2.25. The Morgan fingerprint density at radius 3 is 2.89 bits per heavy atom. The second-order valence-corrected chi connectivity index (χ2v) is 6.89. The van der Waals surface area contributed by atoms with Crippen LogP contribution < -0.4 is 5.32 Å². The molecule has 1 saturated carbocycles. The molecule has 1 aromatic carbocycles. The van der Waals surface area contributed by atoms with Gasteiger partial charge in [0.25, 0.3) is 5.91 Å². The lowest BCUT2D eigenvalue weighted by molar-refractivity contribution is 0.0943. The highest BCUT2D eigenvalue weighted by Crippen LogP contribution is 2.27. The van der Waals surface area contributed by atoms with E-state index in [4.69, 9.17) is 11.6 Å². The van der Waals surface area contributed by atoms with Crippen LogP contribution in [0.3, 0.4) is 0 Å². The molecule has 0 radical (unpaired) electrons. The number of amides is 1. The van der Waals surface area contributed by atoms with Crippen molar-refractivity contribution in [2.75, 3.05) is 6.54 Å². The van der Waals surface area contributed by atoms with Gasteiger partial charge in [-0.2, -0.15) is 0 Å². The second-order valence-electron chi connectivity index (χ2n) is 5.36. The van der Waals surface area contributed by atoms with Crippen LogP contribution in [-0.4, -0.2) is 17.8 Å². The van der Waals surface area contributed by atoms with Crippen LogP contribution in [0, 0.1) is 12.8 Å². The Morgan fingerprint density at radius 1 is 1.42 bits per heavy atom. The molecule has 0 heterocycles. The lowest BCUT2D eigenvalue weighted by atomic mass is 9.89. The Hall–Kier alpha value is -0.540. The highest BCUT2D eigenvalue weighted by molar-refractivity contribution is 9.10. The molecule has 0 saturated heterocycles. The molecule has 2 rings (SSSR count). The van der Waals surface area contributed by atoms with Gasteiger partial charge >= 0.3 is 0 Å².